The number of nitrogens with one attached hydrogen (secondary N) is 2. The summed E-state index contributed by atoms with van der Waals surface area (Å²) < 4.78 is 0. The zero-order valence-electron chi connectivity index (χ0n) is 10.8. The van der Waals surface area contributed by atoms with Crippen molar-refractivity contribution in [2.24, 2.45) is 0 Å². The van der Waals surface area contributed by atoms with Gasteiger partial charge in [-0.25, -0.2) is 9.59 Å². The van der Waals surface area contributed by atoms with Gasteiger partial charge in [-0.05, 0) is 31.5 Å². The van der Waals surface area contributed by atoms with E-state index in [4.69, 9.17) is 5.11 Å². The van der Waals surface area contributed by atoms with E-state index in [2.05, 4.69) is 20.8 Å². The standard InChI is InChI=1S/C12H12N4O3S/c1-6-3-4-8(5-9(6)10(17)18)13-11(19)14-12-16-15-7(2)20-12/h3-5H,1-2H3,(H,17,18)(H2,13,14,16,19). The van der Waals surface area contributed by atoms with Gasteiger partial charge in [-0.15, -0.1) is 10.2 Å². The van der Waals surface area contributed by atoms with E-state index in [1.807, 2.05) is 0 Å². The monoisotopic (exact) mass is 292 g/mol. The predicted octanol–water partition coefficient (Wildman–Crippen LogP) is 2.50. The van der Waals surface area contributed by atoms with E-state index in [9.17, 15) is 9.59 Å². The first kappa shape index (κ1) is 13.9. The molecule has 2 aromatic rings. The summed E-state index contributed by atoms with van der Waals surface area (Å²) in [6.45, 7) is 3.47. The highest BCUT2D eigenvalue weighted by Crippen LogP contribution is 2.17. The Morgan fingerprint density at radius 2 is 1.95 bits per heavy atom. The minimum absolute atomic E-state index is 0.148. The summed E-state index contributed by atoms with van der Waals surface area (Å²) in [6, 6.07) is 4.17. The van der Waals surface area contributed by atoms with Crippen molar-refractivity contribution >= 4 is 34.2 Å². The molecule has 8 heteroatoms. The maximum absolute atomic E-state index is 11.7. The number of carboxylic acid groups (broad SMARTS) is 1. The lowest BCUT2D eigenvalue weighted by atomic mass is 10.1. The number of carbonyl (C=O) groups is 2. The zero-order valence-corrected chi connectivity index (χ0v) is 11.6. The first-order chi connectivity index (χ1) is 9.45. The Labute approximate surface area is 118 Å². The highest BCUT2D eigenvalue weighted by atomic mass is 32.1. The molecule has 0 unspecified atom stereocenters. The van der Waals surface area contributed by atoms with Gasteiger partial charge < -0.3 is 10.4 Å². The minimum atomic E-state index is -1.04. The number of anilines is 2. The van der Waals surface area contributed by atoms with Crippen molar-refractivity contribution in [3.63, 3.8) is 0 Å². The molecule has 0 saturated carbocycles. The van der Waals surface area contributed by atoms with Gasteiger partial charge in [0.25, 0.3) is 0 Å². The molecule has 0 aliphatic heterocycles. The lowest BCUT2D eigenvalue weighted by Crippen LogP contribution is -2.19. The molecule has 1 heterocycles. The third-order valence-electron chi connectivity index (χ3n) is 2.47. The molecule has 0 radical (unpaired) electrons. The molecule has 1 aromatic carbocycles. The summed E-state index contributed by atoms with van der Waals surface area (Å²) in [6.07, 6.45) is 0. The Kier molecular flexibility index (Phi) is 3.94. The first-order valence-electron chi connectivity index (χ1n) is 5.68. The Balaban J connectivity index is 2.08. The Bertz CT molecular complexity index is 668. The van der Waals surface area contributed by atoms with Crippen molar-refractivity contribution in [1.82, 2.24) is 10.2 Å². The van der Waals surface area contributed by atoms with E-state index in [-0.39, 0.29) is 5.56 Å². The van der Waals surface area contributed by atoms with Crippen LogP contribution in [0, 0.1) is 13.8 Å². The maximum Gasteiger partial charge on any atom is 0.336 e. The van der Waals surface area contributed by atoms with Crippen LogP contribution >= 0.6 is 11.3 Å². The smallest absolute Gasteiger partial charge is 0.336 e. The summed E-state index contributed by atoms with van der Waals surface area (Å²) >= 11 is 1.25. The lowest BCUT2D eigenvalue weighted by molar-refractivity contribution is 0.0696. The number of amides is 2. The number of benzene rings is 1. The number of nitrogens with zero attached hydrogens (tertiary/aromatic N) is 2. The molecule has 20 heavy (non-hydrogen) atoms. The molecule has 0 fully saturated rings. The van der Waals surface area contributed by atoms with Gasteiger partial charge in [0.2, 0.25) is 5.13 Å². The number of hydrogen-bond donors (Lipinski definition) is 3. The normalized spacial score (nSPS) is 10.1. The molecule has 104 valence electrons. The molecule has 3 N–H and O–H groups in total. The largest absolute Gasteiger partial charge is 0.478 e. The number of carboxylic acids is 1. The van der Waals surface area contributed by atoms with E-state index in [1.54, 1.807) is 26.0 Å². The van der Waals surface area contributed by atoms with E-state index in [0.29, 0.717) is 16.4 Å². The summed E-state index contributed by atoms with van der Waals surface area (Å²) in [4.78, 5) is 22.7. The molecule has 2 rings (SSSR count). The van der Waals surface area contributed by atoms with Gasteiger partial charge in [0.15, 0.2) is 0 Å². The van der Waals surface area contributed by atoms with Crippen LogP contribution in [0.4, 0.5) is 15.6 Å². The lowest BCUT2D eigenvalue weighted by Gasteiger charge is -2.07. The fourth-order valence-electron chi connectivity index (χ4n) is 1.54. The number of hydrogen-bond acceptors (Lipinski definition) is 5. The molecule has 0 bridgehead atoms. The summed E-state index contributed by atoms with van der Waals surface area (Å²) in [7, 11) is 0. The van der Waals surface area contributed by atoms with Gasteiger partial charge >= 0.3 is 12.0 Å². The van der Waals surface area contributed by atoms with Crippen molar-refractivity contribution in [1.29, 1.82) is 0 Å². The van der Waals surface area contributed by atoms with Gasteiger partial charge in [0.1, 0.15) is 5.01 Å². The molecule has 0 spiro atoms. The van der Waals surface area contributed by atoms with Crippen LogP contribution in [0.25, 0.3) is 0 Å². The van der Waals surface area contributed by atoms with Gasteiger partial charge in [-0.1, -0.05) is 17.4 Å². The first-order valence-corrected chi connectivity index (χ1v) is 6.49. The highest BCUT2D eigenvalue weighted by molar-refractivity contribution is 7.15. The zero-order chi connectivity index (χ0) is 14.7. The Morgan fingerprint density at radius 1 is 1.20 bits per heavy atom. The number of carbonyl (C=O) groups excluding carboxylic acids is 1. The number of rotatable bonds is 3. The maximum atomic E-state index is 11.7. The summed E-state index contributed by atoms with van der Waals surface area (Å²) in [5.74, 6) is -1.04. The van der Waals surface area contributed by atoms with Crippen LogP contribution in [0.2, 0.25) is 0 Å². The van der Waals surface area contributed by atoms with Crippen molar-refractivity contribution in [2.75, 3.05) is 10.6 Å². The van der Waals surface area contributed by atoms with Crippen LogP contribution in [-0.2, 0) is 0 Å². The van der Waals surface area contributed by atoms with E-state index in [0.717, 1.165) is 5.01 Å². The number of aromatic carboxylic acids is 1. The molecule has 2 amide bonds. The molecule has 0 saturated heterocycles. The van der Waals surface area contributed by atoms with E-state index < -0.39 is 12.0 Å². The fraction of sp³-hybridized carbons (Fsp3) is 0.167. The minimum Gasteiger partial charge on any atom is -0.478 e. The predicted molar refractivity (Wildman–Crippen MR) is 75.4 cm³/mol. The van der Waals surface area contributed by atoms with Gasteiger partial charge in [0.05, 0.1) is 5.56 Å². The quantitative estimate of drug-likeness (QED) is 0.806. The Morgan fingerprint density at radius 3 is 2.55 bits per heavy atom. The number of urea groups is 1. The van der Waals surface area contributed by atoms with E-state index in [1.165, 1.54) is 17.4 Å². The second kappa shape index (κ2) is 5.66. The van der Waals surface area contributed by atoms with Crippen molar-refractivity contribution in [2.45, 2.75) is 13.8 Å². The number of aromatic nitrogens is 2. The third-order valence-corrected chi connectivity index (χ3v) is 3.23. The van der Waals surface area contributed by atoms with Gasteiger partial charge in [-0.3, -0.25) is 5.32 Å². The van der Waals surface area contributed by atoms with E-state index >= 15 is 0 Å². The summed E-state index contributed by atoms with van der Waals surface area (Å²) in [5.41, 5.74) is 1.17. The molecule has 7 nitrogen and oxygen atoms in total. The van der Waals surface area contributed by atoms with Crippen LogP contribution in [0.15, 0.2) is 18.2 Å². The fourth-order valence-corrected chi connectivity index (χ4v) is 2.12. The number of aryl methyl sites for hydroxylation is 2. The van der Waals surface area contributed by atoms with Crippen molar-refractivity contribution < 1.29 is 14.7 Å². The molecular weight excluding hydrogens is 280 g/mol. The van der Waals surface area contributed by atoms with Crippen LogP contribution in [0.1, 0.15) is 20.9 Å². The van der Waals surface area contributed by atoms with Crippen LogP contribution in [-0.4, -0.2) is 27.3 Å². The summed E-state index contributed by atoms with van der Waals surface area (Å²) in [5, 5.41) is 22.7. The van der Waals surface area contributed by atoms with Crippen molar-refractivity contribution in [3.05, 3.63) is 34.3 Å². The molecular formula is C12H12N4O3S. The van der Waals surface area contributed by atoms with Crippen LogP contribution < -0.4 is 10.6 Å². The van der Waals surface area contributed by atoms with Gasteiger partial charge in [0, 0.05) is 5.69 Å². The van der Waals surface area contributed by atoms with Crippen LogP contribution in [0.3, 0.4) is 0 Å². The van der Waals surface area contributed by atoms with Crippen molar-refractivity contribution in [3.8, 4) is 0 Å². The second-order valence-corrected chi connectivity index (χ2v) is 5.22. The average Bonchev–Trinajstić information content (AvgIpc) is 2.76. The molecule has 0 atom stereocenters. The third kappa shape index (κ3) is 3.29. The SMILES string of the molecule is Cc1nnc(NC(=O)Nc2ccc(C)c(C(=O)O)c2)s1. The molecule has 0 aliphatic carbocycles. The molecule has 1 aromatic heterocycles. The van der Waals surface area contributed by atoms with Gasteiger partial charge in [-0.2, -0.15) is 0 Å². The Hall–Kier alpha value is -2.48. The average molecular weight is 292 g/mol. The topological polar surface area (TPSA) is 104 Å². The molecule has 0 aliphatic rings. The highest BCUT2D eigenvalue weighted by Gasteiger charge is 2.10. The van der Waals surface area contributed by atoms with Crippen LogP contribution in [0.5, 0.6) is 0 Å². The second-order valence-electron chi connectivity index (χ2n) is 4.04.